The fourth-order valence-electron chi connectivity index (χ4n) is 6.08. The number of rotatable bonds is 9. The number of benzene rings is 1. The number of aromatic nitrogens is 2. The van der Waals surface area contributed by atoms with Crippen molar-refractivity contribution in [2.24, 2.45) is 4.99 Å². The Labute approximate surface area is 233 Å². The van der Waals surface area contributed by atoms with Crippen molar-refractivity contribution in [2.75, 3.05) is 17.2 Å². The second-order valence-electron chi connectivity index (χ2n) is 10.8. The van der Waals surface area contributed by atoms with E-state index in [4.69, 9.17) is 4.99 Å². The summed E-state index contributed by atoms with van der Waals surface area (Å²) in [5.74, 6) is 0.0276. The summed E-state index contributed by atoms with van der Waals surface area (Å²) in [4.78, 5) is 54.5. The van der Waals surface area contributed by atoms with Crippen LogP contribution in [0.15, 0.2) is 65.9 Å². The van der Waals surface area contributed by atoms with Crippen LogP contribution in [0.4, 0.5) is 11.5 Å². The first-order valence-corrected chi connectivity index (χ1v) is 14.0. The van der Waals surface area contributed by atoms with Crippen LogP contribution in [0.2, 0.25) is 0 Å². The van der Waals surface area contributed by atoms with Crippen molar-refractivity contribution in [3.8, 4) is 0 Å². The predicted octanol–water partition coefficient (Wildman–Crippen LogP) is 4.03. The van der Waals surface area contributed by atoms with E-state index in [0.29, 0.717) is 42.2 Å². The fourth-order valence-corrected chi connectivity index (χ4v) is 6.08. The zero-order valence-corrected chi connectivity index (χ0v) is 22.5. The van der Waals surface area contributed by atoms with Gasteiger partial charge >= 0.3 is 0 Å². The lowest BCUT2D eigenvalue weighted by Gasteiger charge is -2.23. The highest BCUT2D eigenvalue weighted by molar-refractivity contribution is 6.46. The number of hydrogen-bond acceptors (Lipinski definition) is 6. The van der Waals surface area contributed by atoms with Gasteiger partial charge in [-0.3, -0.25) is 24.4 Å². The molecule has 0 bridgehead atoms. The minimum atomic E-state index is -0.666. The zero-order chi connectivity index (χ0) is 27.7. The summed E-state index contributed by atoms with van der Waals surface area (Å²) in [6.07, 6.45) is 9.01. The Kier molecular flexibility index (Phi) is 6.88. The summed E-state index contributed by atoms with van der Waals surface area (Å²) in [7, 11) is 0. The van der Waals surface area contributed by atoms with Crippen LogP contribution in [0, 0.1) is 0 Å². The first-order chi connectivity index (χ1) is 19.5. The van der Waals surface area contributed by atoms with Gasteiger partial charge in [-0.05, 0) is 67.1 Å². The number of anilines is 2. The standard InChI is InChI=1S/C31H32N6O3/c1-2-3-4-5-11-25-35-27(24-10-6-7-14-32-24)29(39)37(25)19-26(38)34-22-13-12-20-17-31(18-21(20)16-22)23-9-8-15-33-28(23)36-30(31)40/h6-10,12-16,25H,2-5,11,17-19H2,1H3,(H,34,38)(H,33,36,40). The summed E-state index contributed by atoms with van der Waals surface area (Å²) in [6.45, 7) is 2.06. The summed E-state index contributed by atoms with van der Waals surface area (Å²) < 4.78 is 0. The van der Waals surface area contributed by atoms with Crippen LogP contribution < -0.4 is 10.6 Å². The van der Waals surface area contributed by atoms with Gasteiger partial charge in [-0.1, -0.05) is 44.4 Å². The second-order valence-corrected chi connectivity index (χ2v) is 10.8. The third kappa shape index (κ3) is 4.65. The topological polar surface area (TPSA) is 117 Å². The van der Waals surface area contributed by atoms with Gasteiger partial charge < -0.3 is 15.5 Å². The Balaban J connectivity index is 1.15. The predicted molar refractivity (Wildman–Crippen MR) is 152 cm³/mol. The Morgan fingerprint density at radius 2 is 1.88 bits per heavy atom. The van der Waals surface area contributed by atoms with Crippen molar-refractivity contribution in [3.05, 3.63) is 83.3 Å². The van der Waals surface area contributed by atoms with E-state index in [0.717, 1.165) is 42.4 Å². The monoisotopic (exact) mass is 536 g/mol. The number of carbonyl (C=O) groups is 3. The number of carbonyl (C=O) groups excluding carboxylic acids is 3. The lowest BCUT2D eigenvalue weighted by atomic mass is 9.79. The molecular weight excluding hydrogens is 504 g/mol. The first-order valence-electron chi connectivity index (χ1n) is 14.0. The molecule has 0 radical (unpaired) electrons. The van der Waals surface area contributed by atoms with Gasteiger partial charge in [0.1, 0.15) is 18.5 Å². The van der Waals surface area contributed by atoms with E-state index in [9.17, 15) is 14.4 Å². The Hall–Kier alpha value is -4.40. The number of fused-ring (bicyclic) bond motifs is 3. The largest absolute Gasteiger partial charge is 0.325 e. The number of nitrogens with zero attached hydrogens (tertiary/aromatic N) is 4. The molecule has 3 aromatic rings. The third-order valence-electron chi connectivity index (χ3n) is 8.10. The number of aliphatic imine (C=N–C) groups is 1. The highest BCUT2D eigenvalue weighted by Crippen LogP contribution is 2.46. The van der Waals surface area contributed by atoms with Gasteiger partial charge in [-0.2, -0.15) is 0 Å². The Morgan fingerprint density at radius 1 is 1.02 bits per heavy atom. The minimum Gasteiger partial charge on any atom is -0.325 e. The Bertz CT molecular complexity index is 1500. The molecule has 6 rings (SSSR count). The lowest BCUT2D eigenvalue weighted by Crippen LogP contribution is -2.42. The molecule has 9 heteroatoms. The van der Waals surface area contributed by atoms with E-state index >= 15 is 0 Å². The molecule has 2 N–H and O–H groups in total. The fraction of sp³-hybridized carbons (Fsp3) is 0.355. The molecule has 3 aliphatic rings. The van der Waals surface area contributed by atoms with Crippen LogP contribution >= 0.6 is 0 Å². The smallest absolute Gasteiger partial charge is 0.276 e. The maximum Gasteiger partial charge on any atom is 0.276 e. The number of nitrogens with one attached hydrogen (secondary N) is 2. The van der Waals surface area contributed by atoms with E-state index in [2.05, 4.69) is 27.5 Å². The quantitative estimate of drug-likeness (QED) is 0.401. The van der Waals surface area contributed by atoms with E-state index in [1.54, 1.807) is 29.4 Å². The molecule has 1 aromatic carbocycles. The minimum absolute atomic E-state index is 0.0378. The van der Waals surface area contributed by atoms with Gasteiger partial charge in [0.25, 0.3) is 5.91 Å². The summed E-state index contributed by atoms with van der Waals surface area (Å²) in [5, 5.41) is 5.89. The zero-order valence-electron chi connectivity index (χ0n) is 22.5. The van der Waals surface area contributed by atoms with Crippen LogP contribution in [-0.2, 0) is 32.6 Å². The third-order valence-corrected chi connectivity index (χ3v) is 8.10. The van der Waals surface area contributed by atoms with Gasteiger partial charge in [0.15, 0.2) is 5.71 Å². The second kappa shape index (κ2) is 10.6. The van der Waals surface area contributed by atoms with Gasteiger partial charge in [0, 0.05) is 23.6 Å². The van der Waals surface area contributed by atoms with Crippen molar-refractivity contribution < 1.29 is 14.4 Å². The van der Waals surface area contributed by atoms with E-state index in [1.165, 1.54) is 0 Å². The molecule has 1 aliphatic carbocycles. The van der Waals surface area contributed by atoms with E-state index in [-0.39, 0.29) is 30.4 Å². The maximum atomic E-state index is 13.4. The SMILES string of the molecule is CCCCCCC1N=C(c2ccccn2)C(=O)N1CC(=O)Nc1ccc2c(c1)CC1(C2)C(=O)Nc2ncccc21. The normalized spacial score (nSPS) is 20.9. The molecular formula is C31H32N6O3. The number of pyridine rings is 2. The van der Waals surface area contributed by atoms with Gasteiger partial charge in [-0.25, -0.2) is 4.98 Å². The highest BCUT2D eigenvalue weighted by atomic mass is 16.2. The van der Waals surface area contributed by atoms with E-state index in [1.807, 2.05) is 36.4 Å². The van der Waals surface area contributed by atoms with Crippen molar-refractivity contribution in [1.29, 1.82) is 0 Å². The lowest BCUT2D eigenvalue weighted by molar-refractivity contribution is -0.129. The number of unbranched alkanes of at least 4 members (excludes halogenated alkanes) is 3. The molecule has 0 saturated carbocycles. The molecule has 2 unspecified atom stereocenters. The molecule has 0 fully saturated rings. The van der Waals surface area contributed by atoms with Crippen molar-refractivity contribution in [2.45, 2.75) is 63.5 Å². The molecule has 2 aromatic heterocycles. The number of amides is 3. The van der Waals surface area contributed by atoms with Crippen molar-refractivity contribution in [3.63, 3.8) is 0 Å². The molecule has 2 atom stereocenters. The van der Waals surface area contributed by atoms with Gasteiger partial charge in [0.05, 0.1) is 11.1 Å². The molecule has 204 valence electrons. The summed E-state index contributed by atoms with van der Waals surface area (Å²) >= 11 is 0. The van der Waals surface area contributed by atoms with Gasteiger partial charge in [-0.15, -0.1) is 0 Å². The molecule has 40 heavy (non-hydrogen) atoms. The van der Waals surface area contributed by atoms with Crippen LogP contribution in [0.1, 0.15) is 61.4 Å². The molecule has 0 saturated heterocycles. The first kappa shape index (κ1) is 25.9. The molecule has 9 nitrogen and oxygen atoms in total. The van der Waals surface area contributed by atoms with E-state index < -0.39 is 5.41 Å². The average Bonchev–Trinajstić information content (AvgIpc) is 3.59. The molecule has 4 heterocycles. The molecule has 2 aliphatic heterocycles. The average molecular weight is 537 g/mol. The van der Waals surface area contributed by atoms with Crippen molar-refractivity contribution in [1.82, 2.24) is 14.9 Å². The van der Waals surface area contributed by atoms with Crippen LogP contribution in [0.25, 0.3) is 0 Å². The van der Waals surface area contributed by atoms with Crippen molar-refractivity contribution >= 4 is 34.9 Å². The Morgan fingerprint density at radius 3 is 2.70 bits per heavy atom. The highest BCUT2D eigenvalue weighted by Gasteiger charge is 2.51. The maximum absolute atomic E-state index is 13.4. The number of hydrogen-bond donors (Lipinski definition) is 2. The summed E-state index contributed by atoms with van der Waals surface area (Å²) in [5.41, 5.74) is 3.83. The van der Waals surface area contributed by atoms with Crippen LogP contribution in [0.3, 0.4) is 0 Å². The van der Waals surface area contributed by atoms with Gasteiger partial charge in [0.2, 0.25) is 11.8 Å². The molecule has 3 amide bonds. The molecule has 1 spiro atoms. The van der Waals surface area contributed by atoms with Crippen LogP contribution in [0.5, 0.6) is 0 Å². The van der Waals surface area contributed by atoms with Crippen LogP contribution in [-0.4, -0.2) is 51.0 Å². The summed E-state index contributed by atoms with van der Waals surface area (Å²) in [6, 6.07) is 15.0.